The Morgan fingerprint density at radius 2 is 1.73 bits per heavy atom. The van der Waals surface area contributed by atoms with E-state index in [1.54, 1.807) is 24.9 Å². The molecule has 3 aromatic heterocycles. The van der Waals surface area contributed by atoms with Crippen LogP contribution in [0.2, 0.25) is 0 Å². The zero-order chi connectivity index (χ0) is 21.1. The molecule has 0 aliphatic carbocycles. The van der Waals surface area contributed by atoms with Crippen LogP contribution < -0.4 is 14.4 Å². The number of rotatable bonds is 6. The highest BCUT2D eigenvalue weighted by atomic mass is 16.5. The molecular formula is C22H20N6O2. The highest BCUT2D eigenvalue weighted by Gasteiger charge is 2.19. The quantitative estimate of drug-likeness (QED) is 0.488. The van der Waals surface area contributed by atoms with Crippen molar-refractivity contribution in [3.05, 3.63) is 71.8 Å². The van der Waals surface area contributed by atoms with Gasteiger partial charge in [-0.3, -0.25) is 0 Å². The average Bonchev–Trinajstić information content (AvgIpc) is 3.20. The Morgan fingerprint density at radius 1 is 1.00 bits per heavy atom. The number of methoxy groups -OCH3 is 2. The van der Waals surface area contributed by atoms with Gasteiger partial charge >= 0.3 is 0 Å². The van der Waals surface area contributed by atoms with Crippen molar-refractivity contribution < 1.29 is 9.47 Å². The Hall–Kier alpha value is -4.12. The second-order valence-electron chi connectivity index (χ2n) is 6.65. The van der Waals surface area contributed by atoms with Crippen molar-refractivity contribution in [2.45, 2.75) is 13.5 Å². The van der Waals surface area contributed by atoms with Crippen LogP contribution in [0.5, 0.6) is 11.5 Å². The van der Waals surface area contributed by atoms with Gasteiger partial charge in [0, 0.05) is 6.54 Å². The summed E-state index contributed by atoms with van der Waals surface area (Å²) in [5, 5.41) is 13.8. The van der Waals surface area contributed by atoms with Crippen molar-refractivity contribution in [2.75, 3.05) is 19.1 Å². The number of hydrogen-bond acceptors (Lipinski definition) is 7. The summed E-state index contributed by atoms with van der Waals surface area (Å²) in [5.74, 6) is 2.19. The Bertz CT molecular complexity index is 1210. The van der Waals surface area contributed by atoms with Gasteiger partial charge in [-0.1, -0.05) is 12.1 Å². The third kappa shape index (κ3) is 3.61. The molecule has 8 nitrogen and oxygen atoms in total. The normalized spacial score (nSPS) is 10.6. The molecule has 0 aliphatic rings. The Kier molecular flexibility index (Phi) is 5.18. The fourth-order valence-corrected chi connectivity index (χ4v) is 3.20. The molecule has 0 spiro atoms. The molecule has 0 aliphatic heterocycles. The fraction of sp³-hybridized carbons (Fsp3) is 0.182. The fourth-order valence-electron chi connectivity index (χ4n) is 3.20. The number of nitriles is 1. The molecule has 0 radical (unpaired) electrons. The third-order valence-corrected chi connectivity index (χ3v) is 4.71. The SMILES string of the molecule is COc1ccc(CN(c2ccc(OC)cn2)c2cc(C)nn3c(C#N)cnc23)cc1. The van der Waals surface area contributed by atoms with Gasteiger partial charge in [0.15, 0.2) is 11.3 Å². The summed E-state index contributed by atoms with van der Waals surface area (Å²) < 4.78 is 12.1. The van der Waals surface area contributed by atoms with Crippen LogP contribution in [-0.4, -0.2) is 33.8 Å². The summed E-state index contributed by atoms with van der Waals surface area (Å²) in [6, 6.07) is 15.7. The van der Waals surface area contributed by atoms with E-state index in [1.165, 1.54) is 6.20 Å². The summed E-state index contributed by atoms with van der Waals surface area (Å²) in [7, 11) is 3.25. The molecule has 0 amide bonds. The number of ether oxygens (including phenoxy) is 2. The van der Waals surface area contributed by atoms with Crippen molar-refractivity contribution >= 4 is 17.2 Å². The van der Waals surface area contributed by atoms with E-state index in [0.717, 1.165) is 28.5 Å². The van der Waals surface area contributed by atoms with E-state index in [9.17, 15) is 5.26 Å². The molecule has 0 saturated heterocycles. The molecule has 3 heterocycles. The minimum absolute atomic E-state index is 0.377. The van der Waals surface area contributed by atoms with Gasteiger partial charge in [-0.15, -0.1) is 0 Å². The second kappa shape index (κ2) is 8.09. The van der Waals surface area contributed by atoms with Crippen molar-refractivity contribution in [2.24, 2.45) is 0 Å². The molecule has 4 rings (SSSR count). The highest BCUT2D eigenvalue weighted by Crippen LogP contribution is 2.31. The number of aryl methyl sites for hydroxylation is 1. The minimum Gasteiger partial charge on any atom is -0.497 e. The predicted molar refractivity (Wildman–Crippen MR) is 112 cm³/mol. The molecule has 4 aromatic rings. The van der Waals surface area contributed by atoms with Gasteiger partial charge < -0.3 is 14.4 Å². The first-order valence-corrected chi connectivity index (χ1v) is 9.29. The van der Waals surface area contributed by atoms with Crippen molar-refractivity contribution in [3.8, 4) is 17.6 Å². The Morgan fingerprint density at radius 3 is 2.37 bits per heavy atom. The maximum atomic E-state index is 9.40. The predicted octanol–water partition coefficient (Wildman–Crippen LogP) is 3.66. The number of aromatic nitrogens is 4. The van der Waals surface area contributed by atoms with E-state index >= 15 is 0 Å². The summed E-state index contributed by atoms with van der Waals surface area (Å²) in [6.07, 6.45) is 3.20. The minimum atomic E-state index is 0.377. The molecule has 0 atom stereocenters. The van der Waals surface area contributed by atoms with Gasteiger partial charge in [-0.25, -0.2) is 14.5 Å². The Balaban J connectivity index is 1.85. The molecule has 0 saturated carbocycles. The molecule has 150 valence electrons. The number of benzene rings is 1. The van der Waals surface area contributed by atoms with Crippen LogP contribution in [0.4, 0.5) is 11.5 Å². The first-order chi connectivity index (χ1) is 14.6. The molecule has 0 fully saturated rings. The highest BCUT2D eigenvalue weighted by molar-refractivity contribution is 5.75. The molecule has 8 heteroatoms. The van der Waals surface area contributed by atoms with Gasteiger partial charge in [0.1, 0.15) is 23.4 Å². The number of hydrogen-bond donors (Lipinski definition) is 0. The first-order valence-electron chi connectivity index (χ1n) is 9.29. The van der Waals surface area contributed by atoms with Crippen molar-refractivity contribution in [1.29, 1.82) is 5.26 Å². The van der Waals surface area contributed by atoms with E-state index in [4.69, 9.17) is 9.47 Å². The summed E-state index contributed by atoms with van der Waals surface area (Å²) in [5.41, 5.74) is 3.59. The molecule has 30 heavy (non-hydrogen) atoms. The second-order valence-corrected chi connectivity index (χ2v) is 6.65. The lowest BCUT2D eigenvalue weighted by molar-refractivity contribution is 0.413. The van der Waals surface area contributed by atoms with Gasteiger partial charge in [-0.05, 0) is 42.8 Å². The van der Waals surface area contributed by atoms with Crippen LogP contribution >= 0.6 is 0 Å². The zero-order valence-electron chi connectivity index (χ0n) is 16.9. The molecular weight excluding hydrogens is 380 g/mol. The van der Waals surface area contributed by atoms with E-state index in [2.05, 4.69) is 21.1 Å². The number of nitrogens with zero attached hydrogens (tertiary/aromatic N) is 6. The topological polar surface area (TPSA) is 88.6 Å². The smallest absolute Gasteiger partial charge is 0.179 e. The maximum absolute atomic E-state index is 9.40. The van der Waals surface area contributed by atoms with E-state index in [1.807, 2.05) is 54.3 Å². The van der Waals surface area contributed by atoms with E-state index in [-0.39, 0.29) is 0 Å². The van der Waals surface area contributed by atoms with Crippen LogP contribution in [0.15, 0.2) is 54.9 Å². The summed E-state index contributed by atoms with van der Waals surface area (Å²) >= 11 is 0. The van der Waals surface area contributed by atoms with E-state index < -0.39 is 0 Å². The molecule has 0 bridgehead atoms. The first kappa shape index (κ1) is 19.2. The molecule has 0 unspecified atom stereocenters. The molecule has 0 N–H and O–H groups in total. The van der Waals surface area contributed by atoms with Gasteiger partial charge in [0.2, 0.25) is 0 Å². The zero-order valence-corrected chi connectivity index (χ0v) is 16.9. The summed E-state index contributed by atoms with van der Waals surface area (Å²) in [6.45, 7) is 2.42. The maximum Gasteiger partial charge on any atom is 0.179 e. The third-order valence-electron chi connectivity index (χ3n) is 4.71. The van der Waals surface area contributed by atoms with Crippen LogP contribution in [0.1, 0.15) is 17.0 Å². The number of pyridine rings is 1. The standard InChI is InChI=1S/C22H20N6O2/c1-15-10-20(22-25-12-17(11-23)28(22)26-15)27(21-9-8-19(30-3)13-24-21)14-16-4-6-18(29-2)7-5-16/h4-10,12-13H,14H2,1-3H3. The number of anilines is 2. The van der Waals surface area contributed by atoms with Gasteiger partial charge in [0.05, 0.1) is 38.0 Å². The van der Waals surface area contributed by atoms with Crippen LogP contribution in [-0.2, 0) is 6.54 Å². The number of fused-ring (bicyclic) bond motifs is 1. The number of imidazole rings is 1. The van der Waals surface area contributed by atoms with E-state index in [0.29, 0.717) is 23.6 Å². The van der Waals surface area contributed by atoms with Gasteiger partial charge in [-0.2, -0.15) is 10.4 Å². The lowest BCUT2D eigenvalue weighted by atomic mass is 10.2. The largest absolute Gasteiger partial charge is 0.497 e. The molecule has 1 aromatic carbocycles. The van der Waals surface area contributed by atoms with Crippen molar-refractivity contribution in [1.82, 2.24) is 19.6 Å². The lowest BCUT2D eigenvalue weighted by Gasteiger charge is -2.25. The van der Waals surface area contributed by atoms with Crippen molar-refractivity contribution in [3.63, 3.8) is 0 Å². The Labute approximate surface area is 173 Å². The lowest BCUT2D eigenvalue weighted by Crippen LogP contribution is -2.19. The average molecular weight is 400 g/mol. The van der Waals surface area contributed by atoms with Gasteiger partial charge in [0.25, 0.3) is 0 Å². The monoisotopic (exact) mass is 400 g/mol. The van der Waals surface area contributed by atoms with Crippen LogP contribution in [0.25, 0.3) is 5.65 Å². The van der Waals surface area contributed by atoms with Crippen LogP contribution in [0.3, 0.4) is 0 Å². The van der Waals surface area contributed by atoms with Crippen LogP contribution in [0, 0.1) is 18.3 Å². The summed E-state index contributed by atoms with van der Waals surface area (Å²) in [4.78, 5) is 11.1.